The highest BCUT2D eigenvalue weighted by molar-refractivity contribution is 7.99. The van der Waals surface area contributed by atoms with E-state index in [9.17, 15) is 4.79 Å². The second-order valence-corrected chi connectivity index (χ2v) is 3.55. The third-order valence-corrected chi connectivity index (χ3v) is 2.80. The zero-order valence-corrected chi connectivity index (χ0v) is 6.73. The molecule has 0 aliphatic carbocycles. The molecule has 58 valence electrons. The first kappa shape index (κ1) is 7.72. The van der Waals surface area contributed by atoms with E-state index in [1.54, 1.807) is 0 Å². The maximum absolute atomic E-state index is 10.5. The zero-order valence-electron chi connectivity index (χ0n) is 5.91. The molecule has 1 N–H and O–H groups in total. The number of nitrogens with zero attached hydrogens (tertiary/aromatic N) is 1. The van der Waals surface area contributed by atoms with Crippen molar-refractivity contribution in [3.63, 3.8) is 0 Å². The van der Waals surface area contributed by atoms with Gasteiger partial charge in [-0.1, -0.05) is 0 Å². The van der Waals surface area contributed by atoms with Crippen molar-refractivity contribution in [3.8, 4) is 0 Å². The average molecular weight is 161 g/mol. The van der Waals surface area contributed by atoms with Gasteiger partial charge >= 0.3 is 6.09 Å². The number of rotatable bonds is 0. The number of thioether (sulfide) groups is 1. The molecule has 0 aromatic heterocycles. The fourth-order valence-electron chi connectivity index (χ4n) is 1.01. The lowest BCUT2D eigenvalue weighted by Gasteiger charge is -2.30. The average Bonchev–Trinajstić information content (AvgIpc) is 1.88. The van der Waals surface area contributed by atoms with Crippen molar-refractivity contribution >= 4 is 17.9 Å². The summed E-state index contributed by atoms with van der Waals surface area (Å²) in [5, 5.41) is 8.63. The Kier molecular flexibility index (Phi) is 2.43. The van der Waals surface area contributed by atoms with Gasteiger partial charge in [-0.3, -0.25) is 0 Å². The van der Waals surface area contributed by atoms with Gasteiger partial charge in [0.1, 0.15) is 0 Å². The minimum absolute atomic E-state index is 0.191. The maximum Gasteiger partial charge on any atom is 0.407 e. The fraction of sp³-hybridized carbons (Fsp3) is 0.833. The summed E-state index contributed by atoms with van der Waals surface area (Å²) in [7, 11) is 0. The van der Waals surface area contributed by atoms with Crippen molar-refractivity contribution in [2.45, 2.75) is 13.0 Å². The summed E-state index contributed by atoms with van der Waals surface area (Å²) in [5.41, 5.74) is 0. The van der Waals surface area contributed by atoms with Crippen LogP contribution < -0.4 is 0 Å². The van der Waals surface area contributed by atoms with E-state index in [1.165, 1.54) is 4.90 Å². The minimum atomic E-state index is -0.784. The van der Waals surface area contributed by atoms with Gasteiger partial charge in [0.2, 0.25) is 0 Å². The highest BCUT2D eigenvalue weighted by atomic mass is 32.2. The Morgan fingerprint density at radius 3 is 2.90 bits per heavy atom. The quantitative estimate of drug-likeness (QED) is 0.578. The highest BCUT2D eigenvalue weighted by Crippen LogP contribution is 2.15. The smallest absolute Gasteiger partial charge is 0.407 e. The Bertz CT molecular complexity index is 140. The van der Waals surface area contributed by atoms with Crippen LogP contribution in [0.5, 0.6) is 0 Å². The van der Waals surface area contributed by atoms with Gasteiger partial charge in [-0.25, -0.2) is 4.79 Å². The van der Waals surface area contributed by atoms with Crippen LogP contribution in [0, 0.1) is 0 Å². The molecule has 10 heavy (non-hydrogen) atoms. The molecule has 1 aliphatic rings. The van der Waals surface area contributed by atoms with Crippen molar-refractivity contribution in [2.75, 3.05) is 18.1 Å². The number of amides is 1. The molecule has 3 nitrogen and oxygen atoms in total. The summed E-state index contributed by atoms with van der Waals surface area (Å²) in [5.74, 6) is 1.88. The van der Waals surface area contributed by atoms with Gasteiger partial charge in [-0.15, -0.1) is 0 Å². The molecule has 0 aromatic rings. The summed E-state index contributed by atoms with van der Waals surface area (Å²) < 4.78 is 0. The first-order chi connectivity index (χ1) is 4.72. The monoisotopic (exact) mass is 161 g/mol. The molecule has 1 heterocycles. The Morgan fingerprint density at radius 2 is 2.50 bits per heavy atom. The van der Waals surface area contributed by atoms with Gasteiger partial charge in [-0.05, 0) is 6.92 Å². The van der Waals surface area contributed by atoms with E-state index >= 15 is 0 Å². The Morgan fingerprint density at radius 1 is 1.80 bits per heavy atom. The molecule has 4 heteroatoms. The molecule has 0 unspecified atom stereocenters. The van der Waals surface area contributed by atoms with E-state index in [4.69, 9.17) is 5.11 Å². The number of hydrogen-bond donors (Lipinski definition) is 1. The van der Waals surface area contributed by atoms with E-state index in [0.717, 1.165) is 11.5 Å². The zero-order chi connectivity index (χ0) is 7.56. The second kappa shape index (κ2) is 3.14. The topological polar surface area (TPSA) is 40.5 Å². The molecule has 1 saturated heterocycles. The van der Waals surface area contributed by atoms with Crippen LogP contribution >= 0.6 is 11.8 Å². The molecule has 1 fully saturated rings. The largest absolute Gasteiger partial charge is 0.465 e. The molecule has 1 amide bonds. The van der Waals surface area contributed by atoms with Crippen molar-refractivity contribution in [2.24, 2.45) is 0 Å². The van der Waals surface area contributed by atoms with Gasteiger partial charge in [0.25, 0.3) is 0 Å². The number of hydrogen-bond acceptors (Lipinski definition) is 2. The Balaban J connectivity index is 2.47. The third-order valence-electron chi connectivity index (χ3n) is 1.61. The predicted molar refractivity (Wildman–Crippen MR) is 41.5 cm³/mol. The van der Waals surface area contributed by atoms with E-state index in [-0.39, 0.29) is 6.04 Å². The van der Waals surface area contributed by atoms with Gasteiger partial charge in [0, 0.05) is 24.1 Å². The normalized spacial score (nSPS) is 26.5. The van der Waals surface area contributed by atoms with E-state index in [1.807, 2.05) is 18.7 Å². The van der Waals surface area contributed by atoms with Crippen molar-refractivity contribution < 1.29 is 9.90 Å². The standard InChI is InChI=1S/C6H11NO2S/c1-5-4-10-3-2-7(5)6(8)9/h5H,2-4H2,1H3,(H,8,9)/t5-/m1/s1. The minimum Gasteiger partial charge on any atom is -0.465 e. The van der Waals surface area contributed by atoms with Crippen molar-refractivity contribution in [1.29, 1.82) is 0 Å². The molecule has 0 saturated carbocycles. The summed E-state index contributed by atoms with van der Waals surface area (Å²) in [4.78, 5) is 12.0. The SMILES string of the molecule is C[C@@H]1CSCCN1C(=O)O. The van der Waals surface area contributed by atoms with Crippen LogP contribution in [0.2, 0.25) is 0 Å². The number of carboxylic acid groups (broad SMARTS) is 1. The molecular formula is C6H11NO2S. The lowest BCUT2D eigenvalue weighted by molar-refractivity contribution is 0.134. The first-order valence-electron chi connectivity index (χ1n) is 3.29. The summed E-state index contributed by atoms with van der Waals surface area (Å²) >= 11 is 1.82. The lowest BCUT2D eigenvalue weighted by atomic mass is 10.3. The van der Waals surface area contributed by atoms with Gasteiger partial charge in [0.15, 0.2) is 0 Å². The fourth-order valence-corrected chi connectivity index (χ4v) is 2.02. The lowest BCUT2D eigenvalue weighted by Crippen LogP contribution is -2.43. The van der Waals surface area contributed by atoms with E-state index in [2.05, 4.69) is 0 Å². The molecular weight excluding hydrogens is 150 g/mol. The summed E-state index contributed by atoms with van der Waals surface area (Å²) in [6.07, 6.45) is -0.784. The Labute approximate surface area is 64.4 Å². The van der Waals surface area contributed by atoms with Crippen molar-refractivity contribution in [1.82, 2.24) is 4.90 Å². The van der Waals surface area contributed by atoms with Crippen LogP contribution in [0.15, 0.2) is 0 Å². The van der Waals surface area contributed by atoms with E-state index < -0.39 is 6.09 Å². The predicted octanol–water partition coefficient (Wildman–Crippen LogP) is 1.10. The van der Waals surface area contributed by atoms with Gasteiger partial charge < -0.3 is 10.0 Å². The van der Waals surface area contributed by atoms with Crippen LogP contribution in [0.3, 0.4) is 0 Å². The Hall–Kier alpha value is -0.380. The van der Waals surface area contributed by atoms with Crippen LogP contribution in [-0.2, 0) is 0 Å². The first-order valence-corrected chi connectivity index (χ1v) is 4.44. The van der Waals surface area contributed by atoms with Crippen LogP contribution in [0.1, 0.15) is 6.92 Å². The summed E-state index contributed by atoms with van der Waals surface area (Å²) in [6.45, 7) is 2.63. The van der Waals surface area contributed by atoms with E-state index in [0.29, 0.717) is 6.54 Å². The molecule has 0 spiro atoms. The van der Waals surface area contributed by atoms with Gasteiger partial charge in [0.05, 0.1) is 0 Å². The number of carbonyl (C=O) groups is 1. The second-order valence-electron chi connectivity index (χ2n) is 2.40. The van der Waals surface area contributed by atoms with Crippen molar-refractivity contribution in [3.05, 3.63) is 0 Å². The third kappa shape index (κ3) is 1.56. The summed E-state index contributed by atoms with van der Waals surface area (Å²) in [6, 6.07) is 0.191. The highest BCUT2D eigenvalue weighted by Gasteiger charge is 2.22. The molecule has 1 aliphatic heterocycles. The maximum atomic E-state index is 10.5. The molecule has 0 radical (unpaired) electrons. The van der Waals surface area contributed by atoms with Crippen LogP contribution in [0.25, 0.3) is 0 Å². The molecule has 1 atom stereocenters. The van der Waals surface area contributed by atoms with Gasteiger partial charge in [-0.2, -0.15) is 11.8 Å². The molecule has 1 rings (SSSR count). The van der Waals surface area contributed by atoms with Crippen LogP contribution in [0.4, 0.5) is 4.79 Å². The molecule has 0 bridgehead atoms. The van der Waals surface area contributed by atoms with Crippen LogP contribution in [-0.4, -0.2) is 40.2 Å². The molecule has 0 aromatic carbocycles.